The number of hydrogen-bond acceptors (Lipinski definition) is 4. The summed E-state index contributed by atoms with van der Waals surface area (Å²) in [5.41, 5.74) is 3.78. The highest BCUT2D eigenvalue weighted by Crippen LogP contribution is 2.27. The van der Waals surface area contributed by atoms with Crippen molar-refractivity contribution in [3.05, 3.63) is 96.1 Å². The smallest absolute Gasteiger partial charge is 0.417 e. The van der Waals surface area contributed by atoms with Gasteiger partial charge in [-0.25, -0.2) is 9.69 Å². The Morgan fingerprint density at radius 2 is 1.53 bits per heavy atom. The molecule has 30 heavy (non-hydrogen) atoms. The highest BCUT2D eigenvalue weighted by molar-refractivity contribution is 5.97. The van der Waals surface area contributed by atoms with E-state index in [-0.39, 0.29) is 19.3 Å². The minimum atomic E-state index is -0.821. The van der Waals surface area contributed by atoms with Gasteiger partial charge < -0.3 is 9.84 Å². The molecule has 1 heterocycles. The molecule has 2 atom stereocenters. The Labute approximate surface area is 175 Å². The summed E-state index contributed by atoms with van der Waals surface area (Å²) in [6.07, 6.45) is -0.135. The van der Waals surface area contributed by atoms with Crippen LogP contribution in [0.25, 0.3) is 11.1 Å². The Kier molecular flexibility index (Phi) is 5.91. The van der Waals surface area contributed by atoms with Gasteiger partial charge in [0.15, 0.2) is 0 Å². The van der Waals surface area contributed by atoms with E-state index >= 15 is 0 Å². The van der Waals surface area contributed by atoms with Crippen LogP contribution in [0.1, 0.15) is 17.0 Å². The summed E-state index contributed by atoms with van der Waals surface area (Å²) in [5, 5.41) is 9.96. The normalized spacial score (nSPS) is 16.9. The van der Waals surface area contributed by atoms with Crippen LogP contribution in [0.3, 0.4) is 0 Å². The van der Waals surface area contributed by atoms with Gasteiger partial charge in [0.2, 0.25) is 5.91 Å². The molecular formula is C25H23NO4. The van der Waals surface area contributed by atoms with Crippen molar-refractivity contribution in [3.63, 3.8) is 0 Å². The van der Waals surface area contributed by atoms with Crippen LogP contribution in [0.2, 0.25) is 0 Å². The van der Waals surface area contributed by atoms with Gasteiger partial charge in [-0.2, -0.15) is 0 Å². The average Bonchev–Trinajstić information content (AvgIpc) is 3.16. The topological polar surface area (TPSA) is 66.8 Å². The zero-order chi connectivity index (χ0) is 20.9. The maximum absolute atomic E-state index is 13.2. The van der Waals surface area contributed by atoms with Gasteiger partial charge in [-0.1, -0.05) is 84.9 Å². The van der Waals surface area contributed by atoms with Crippen LogP contribution in [0.4, 0.5) is 4.79 Å². The van der Waals surface area contributed by atoms with Crippen molar-refractivity contribution in [2.45, 2.75) is 18.4 Å². The summed E-state index contributed by atoms with van der Waals surface area (Å²) >= 11 is 0. The zero-order valence-electron chi connectivity index (χ0n) is 16.5. The van der Waals surface area contributed by atoms with Gasteiger partial charge in [-0.05, 0) is 28.7 Å². The van der Waals surface area contributed by atoms with Gasteiger partial charge in [0.25, 0.3) is 0 Å². The highest BCUT2D eigenvalue weighted by Gasteiger charge is 2.41. The first-order valence-electron chi connectivity index (χ1n) is 9.97. The molecule has 5 heteroatoms. The van der Waals surface area contributed by atoms with E-state index in [1.807, 2.05) is 84.9 Å². The summed E-state index contributed by atoms with van der Waals surface area (Å²) in [6.45, 7) is -0.226. The van der Waals surface area contributed by atoms with Crippen LogP contribution < -0.4 is 0 Å². The van der Waals surface area contributed by atoms with Gasteiger partial charge in [0.05, 0.1) is 18.6 Å². The van der Waals surface area contributed by atoms with E-state index in [2.05, 4.69) is 0 Å². The molecule has 0 aromatic heterocycles. The summed E-state index contributed by atoms with van der Waals surface area (Å²) in [7, 11) is 0. The van der Waals surface area contributed by atoms with Crippen LogP contribution in [-0.2, 0) is 16.0 Å². The second kappa shape index (κ2) is 8.93. The molecule has 0 bridgehead atoms. The second-order valence-corrected chi connectivity index (χ2v) is 7.35. The Bertz CT molecular complexity index is 1000. The van der Waals surface area contributed by atoms with Gasteiger partial charge >= 0.3 is 6.09 Å². The highest BCUT2D eigenvalue weighted by atomic mass is 16.6. The largest absolute Gasteiger partial charge is 0.447 e. The number of aliphatic hydroxyl groups excluding tert-OH is 1. The quantitative estimate of drug-likeness (QED) is 0.678. The molecule has 0 spiro atoms. The minimum Gasteiger partial charge on any atom is -0.447 e. The minimum absolute atomic E-state index is 0.157. The molecule has 1 aliphatic rings. The lowest BCUT2D eigenvalue weighted by atomic mass is 9.95. The van der Waals surface area contributed by atoms with Crippen molar-refractivity contribution in [3.8, 4) is 11.1 Å². The summed E-state index contributed by atoms with van der Waals surface area (Å²) < 4.78 is 5.16. The lowest BCUT2D eigenvalue weighted by Crippen LogP contribution is -2.43. The molecule has 3 aromatic carbocycles. The third kappa shape index (κ3) is 4.11. The van der Waals surface area contributed by atoms with Gasteiger partial charge in [0.1, 0.15) is 6.61 Å². The monoisotopic (exact) mass is 401 g/mol. The van der Waals surface area contributed by atoms with E-state index < -0.39 is 17.9 Å². The maximum atomic E-state index is 13.2. The van der Waals surface area contributed by atoms with Gasteiger partial charge in [0, 0.05) is 0 Å². The summed E-state index contributed by atoms with van der Waals surface area (Å²) in [5.74, 6) is -1.26. The summed E-state index contributed by atoms with van der Waals surface area (Å²) in [6, 6.07) is 26.7. The molecule has 1 fully saturated rings. The van der Waals surface area contributed by atoms with Crippen LogP contribution in [0, 0.1) is 0 Å². The predicted octanol–water partition coefficient (Wildman–Crippen LogP) is 4.02. The molecule has 1 saturated heterocycles. The third-order valence-corrected chi connectivity index (χ3v) is 5.41. The van der Waals surface area contributed by atoms with Crippen molar-refractivity contribution < 1.29 is 19.4 Å². The maximum Gasteiger partial charge on any atom is 0.417 e. The number of imide groups is 1. The van der Waals surface area contributed by atoms with Crippen molar-refractivity contribution in [1.82, 2.24) is 4.90 Å². The lowest BCUT2D eigenvalue weighted by molar-refractivity contribution is -0.131. The lowest BCUT2D eigenvalue weighted by Gasteiger charge is -2.24. The van der Waals surface area contributed by atoms with Crippen LogP contribution in [0.15, 0.2) is 84.9 Å². The molecule has 152 valence electrons. The number of ether oxygens (including phenoxy) is 1. The van der Waals surface area contributed by atoms with Gasteiger partial charge in [-0.15, -0.1) is 0 Å². The van der Waals surface area contributed by atoms with E-state index in [1.165, 1.54) is 4.90 Å². The number of hydrogen-bond donors (Lipinski definition) is 1. The Hall–Kier alpha value is -3.44. The first kappa shape index (κ1) is 19.9. The predicted molar refractivity (Wildman–Crippen MR) is 114 cm³/mol. The number of benzene rings is 3. The number of cyclic esters (lactones) is 1. The number of nitrogens with zero attached hydrogens (tertiary/aromatic N) is 1. The zero-order valence-corrected chi connectivity index (χ0v) is 16.5. The Morgan fingerprint density at radius 1 is 0.933 bits per heavy atom. The number of carbonyl (C=O) groups excluding carboxylic acids is 2. The van der Waals surface area contributed by atoms with Gasteiger partial charge in [-0.3, -0.25) is 4.79 Å². The van der Waals surface area contributed by atoms with Crippen LogP contribution in [0.5, 0.6) is 0 Å². The van der Waals surface area contributed by atoms with E-state index in [0.29, 0.717) is 12.0 Å². The number of rotatable bonds is 6. The fourth-order valence-corrected chi connectivity index (χ4v) is 3.80. The molecule has 1 aliphatic heterocycles. The number of aliphatic hydroxyl groups is 1. The molecule has 1 N–H and O–H groups in total. The molecule has 0 saturated carbocycles. The third-order valence-electron chi connectivity index (χ3n) is 5.41. The first-order valence-corrected chi connectivity index (χ1v) is 9.97. The van der Waals surface area contributed by atoms with Crippen LogP contribution in [-0.4, -0.2) is 41.3 Å². The Morgan fingerprint density at radius 3 is 2.17 bits per heavy atom. The number of amides is 2. The fraction of sp³-hybridized carbons (Fsp3) is 0.200. The van der Waals surface area contributed by atoms with Crippen LogP contribution >= 0.6 is 0 Å². The van der Waals surface area contributed by atoms with E-state index in [4.69, 9.17) is 4.74 Å². The SMILES string of the molecule is O=C1OC[C@H](Cc2ccccc2)N1C(=O)[C@@H](CO)c1ccc(-c2ccccc2)cc1. The molecule has 3 aromatic rings. The van der Waals surface area contributed by atoms with E-state index in [9.17, 15) is 14.7 Å². The van der Waals surface area contributed by atoms with Crippen molar-refractivity contribution in [1.29, 1.82) is 0 Å². The van der Waals surface area contributed by atoms with Crippen molar-refractivity contribution in [2.75, 3.05) is 13.2 Å². The molecular weight excluding hydrogens is 378 g/mol. The van der Waals surface area contributed by atoms with Crippen molar-refractivity contribution >= 4 is 12.0 Å². The summed E-state index contributed by atoms with van der Waals surface area (Å²) in [4.78, 5) is 26.7. The second-order valence-electron chi connectivity index (χ2n) is 7.35. The van der Waals surface area contributed by atoms with Crippen molar-refractivity contribution in [2.24, 2.45) is 0 Å². The standard InChI is InChI=1S/C25H23NO4/c27-16-23(21-13-11-20(12-14-21)19-9-5-2-6-10-19)24(28)26-22(17-30-25(26)29)15-18-7-3-1-4-8-18/h1-14,22-23,27H,15-17H2/t22-,23-/m0/s1. The molecule has 2 amide bonds. The number of carbonyl (C=O) groups is 2. The fourth-order valence-electron chi connectivity index (χ4n) is 3.80. The molecule has 4 rings (SSSR count). The average molecular weight is 401 g/mol. The molecule has 0 radical (unpaired) electrons. The van der Waals surface area contributed by atoms with E-state index in [1.54, 1.807) is 0 Å². The molecule has 0 aliphatic carbocycles. The molecule has 5 nitrogen and oxygen atoms in total. The molecule has 0 unspecified atom stereocenters. The Balaban J connectivity index is 1.54. The first-order chi connectivity index (χ1) is 14.7. The van der Waals surface area contributed by atoms with E-state index in [0.717, 1.165) is 16.7 Å².